The topological polar surface area (TPSA) is 30.7 Å². The monoisotopic (exact) mass is 699 g/mol. The van der Waals surface area contributed by atoms with Crippen LogP contribution < -0.4 is 0 Å². The van der Waals surface area contributed by atoms with Crippen molar-refractivity contribution in [2.45, 2.75) is 0 Å². The highest BCUT2D eigenvalue weighted by atomic mass is 15.0. The largest absolute Gasteiger partial charge is 0.309 e. The van der Waals surface area contributed by atoms with Crippen LogP contribution in [0.1, 0.15) is 0 Å². The van der Waals surface area contributed by atoms with Crippen molar-refractivity contribution in [2.24, 2.45) is 0 Å². The first-order valence-electron chi connectivity index (χ1n) is 18.7. The van der Waals surface area contributed by atoms with Crippen molar-refractivity contribution in [3.05, 3.63) is 200 Å². The molecule has 11 aromatic rings. The maximum atomic E-state index is 5.21. The van der Waals surface area contributed by atoms with Crippen LogP contribution in [0.25, 0.3) is 105 Å². The molecule has 0 bridgehead atoms. The van der Waals surface area contributed by atoms with E-state index in [2.05, 4.69) is 199 Å². The Labute approximate surface area is 318 Å². The minimum Gasteiger partial charge on any atom is -0.309 e. The van der Waals surface area contributed by atoms with E-state index < -0.39 is 0 Å². The van der Waals surface area contributed by atoms with Crippen LogP contribution in [0.2, 0.25) is 0 Å². The van der Waals surface area contributed by atoms with Crippen LogP contribution >= 0.6 is 0 Å². The number of fused-ring (bicyclic) bond motifs is 7. The molecule has 0 unspecified atom stereocenters. The number of nitrogens with zero attached hydrogens (tertiary/aromatic N) is 3. The summed E-state index contributed by atoms with van der Waals surface area (Å²) in [5.41, 5.74) is 10.8. The maximum absolute atomic E-state index is 5.21. The third kappa shape index (κ3) is 5.20. The molecule has 0 fully saturated rings. The molecule has 3 nitrogen and oxygen atoms in total. The van der Waals surface area contributed by atoms with E-state index in [1.54, 1.807) is 0 Å². The summed E-state index contributed by atoms with van der Waals surface area (Å²) in [5, 5.41) is 10.0. The Hall–Kier alpha value is -7.36. The van der Waals surface area contributed by atoms with Crippen LogP contribution in [0, 0.1) is 0 Å². The fraction of sp³-hybridized carbons (Fsp3) is 0. The van der Waals surface area contributed by atoms with Gasteiger partial charge in [-0.3, -0.25) is 0 Å². The van der Waals surface area contributed by atoms with Gasteiger partial charge in [0.15, 0.2) is 5.82 Å². The first-order chi connectivity index (χ1) is 27.3. The second kappa shape index (κ2) is 12.6. The number of benzene rings is 9. The minimum absolute atomic E-state index is 0.697. The highest BCUT2D eigenvalue weighted by Gasteiger charge is 2.16. The van der Waals surface area contributed by atoms with Crippen molar-refractivity contribution < 1.29 is 0 Å². The SMILES string of the molecule is c1ccc(-c2cc(-c3ccc(-n4c5ccccc5c5ccccc54)cc3)nc(-c3ccc(-c4c5ccccc5cc5c4ccc4ccccc45)cc3)n2)cc1. The molecule has 0 N–H and O–H groups in total. The van der Waals surface area contributed by atoms with Crippen LogP contribution in [0.5, 0.6) is 0 Å². The van der Waals surface area contributed by atoms with Gasteiger partial charge >= 0.3 is 0 Å². The van der Waals surface area contributed by atoms with Crippen molar-refractivity contribution in [1.82, 2.24) is 14.5 Å². The van der Waals surface area contributed by atoms with Gasteiger partial charge in [-0.2, -0.15) is 0 Å². The molecule has 0 saturated carbocycles. The first-order valence-corrected chi connectivity index (χ1v) is 18.7. The molecule has 0 radical (unpaired) electrons. The standard InChI is InChI=1S/C52H33N3/c1-2-13-35(14-3-1)47-33-48(36-26-29-40(30-27-36)55-49-20-10-8-18-43(49)44-19-9-11-21-50(44)55)54-52(53-47)38-24-22-37(23-25-38)51-42-17-7-5-15-39(42)32-46-41-16-6-4-12-34(41)28-31-45(46)51/h1-33H. The maximum Gasteiger partial charge on any atom is 0.160 e. The Morgan fingerprint density at radius 3 is 1.53 bits per heavy atom. The van der Waals surface area contributed by atoms with Gasteiger partial charge < -0.3 is 4.57 Å². The van der Waals surface area contributed by atoms with E-state index in [-0.39, 0.29) is 0 Å². The summed E-state index contributed by atoms with van der Waals surface area (Å²) in [5.74, 6) is 0.697. The number of hydrogen-bond donors (Lipinski definition) is 0. The summed E-state index contributed by atoms with van der Waals surface area (Å²) in [6, 6.07) is 71.5. The van der Waals surface area contributed by atoms with Gasteiger partial charge in [0, 0.05) is 33.2 Å². The van der Waals surface area contributed by atoms with Gasteiger partial charge in [-0.1, -0.05) is 164 Å². The number of rotatable bonds is 5. The lowest BCUT2D eigenvalue weighted by atomic mass is 9.89. The molecule has 11 rings (SSSR count). The first kappa shape index (κ1) is 31.2. The lowest BCUT2D eigenvalue weighted by molar-refractivity contribution is 1.17. The van der Waals surface area contributed by atoms with E-state index in [0.29, 0.717) is 5.82 Å². The zero-order valence-corrected chi connectivity index (χ0v) is 29.9. The van der Waals surface area contributed by atoms with Gasteiger partial charge in [0.2, 0.25) is 0 Å². The van der Waals surface area contributed by atoms with E-state index in [1.807, 2.05) is 6.07 Å². The number of para-hydroxylation sites is 2. The Bertz CT molecular complexity index is 3180. The molecule has 0 amide bonds. The second-order valence-electron chi connectivity index (χ2n) is 14.2. The average Bonchev–Trinajstić information content (AvgIpc) is 3.60. The fourth-order valence-electron chi connectivity index (χ4n) is 8.38. The predicted molar refractivity (Wildman–Crippen MR) is 231 cm³/mol. The highest BCUT2D eigenvalue weighted by molar-refractivity contribution is 6.20. The zero-order valence-electron chi connectivity index (χ0n) is 29.9. The van der Waals surface area contributed by atoms with Crippen molar-refractivity contribution in [3.8, 4) is 50.7 Å². The van der Waals surface area contributed by atoms with Gasteiger partial charge in [-0.05, 0) is 79.8 Å². The minimum atomic E-state index is 0.697. The third-order valence-corrected chi connectivity index (χ3v) is 11.0. The van der Waals surface area contributed by atoms with Crippen molar-refractivity contribution in [1.29, 1.82) is 0 Å². The van der Waals surface area contributed by atoms with Crippen LogP contribution in [0.15, 0.2) is 200 Å². The van der Waals surface area contributed by atoms with E-state index in [1.165, 1.54) is 65.3 Å². The van der Waals surface area contributed by atoms with E-state index in [4.69, 9.17) is 9.97 Å². The van der Waals surface area contributed by atoms with Crippen LogP contribution in [0.3, 0.4) is 0 Å². The summed E-state index contributed by atoms with van der Waals surface area (Å²) >= 11 is 0. The number of hydrogen-bond acceptors (Lipinski definition) is 2. The second-order valence-corrected chi connectivity index (χ2v) is 14.2. The van der Waals surface area contributed by atoms with Crippen LogP contribution in [0.4, 0.5) is 0 Å². The third-order valence-electron chi connectivity index (χ3n) is 11.0. The summed E-state index contributed by atoms with van der Waals surface area (Å²) in [4.78, 5) is 10.4. The van der Waals surface area contributed by atoms with Gasteiger partial charge in [0.25, 0.3) is 0 Å². The fourth-order valence-corrected chi connectivity index (χ4v) is 8.38. The molecule has 55 heavy (non-hydrogen) atoms. The number of aromatic nitrogens is 3. The van der Waals surface area contributed by atoms with Crippen LogP contribution in [-0.2, 0) is 0 Å². The van der Waals surface area contributed by atoms with Gasteiger partial charge in [0.1, 0.15) is 0 Å². The van der Waals surface area contributed by atoms with Gasteiger partial charge in [0.05, 0.1) is 22.4 Å². The van der Waals surface area contributed by atoms with Crippen molar-refractivity contribution in [2.75, 3.05) is 0 Å². The summed E-state index contributed by atoms with van der Waals surface area (Å²) in [7, 11) is 0. The normalized spacial score (nSPS) is 11.6. The molecule has 2 aromatic heterocycles. The highest BCUT2D eigenvalue weighted by Crippen LogP contribution is 2.40. The molecular weight excluding hydrogens is 667 g/mol. The van der Waals surface area contributed by atoms with Gasteiger partial charge in [-0.25, -0.2) is 9.97 Å². The van der Waals surface area contributed by atoms with E-state index >= 15 is 0 Å². The molecule has 0 aliphatic carbocycles. The lowest BCUT2D eigenvalue weighted by Gasteiger charge is -2.15. The molecular formula is C52H33N3. The zero-order chi connectivity index (χ0) is 36.3. The van der Waals surface area contributed by atoms with Crippen molar-refractivity contribution in [3.63, 3.8) is 0 Å². The molecule has 0 aliphatic heterocycles. The quantitative estimate of drug-likeness (QED) is 0.132. The smallest absolute Gasteiger partial charge is 0.160 e. The van der Waals surface area contributed by atoms with Crippen molar-refractivity contribution >= 4 is 54.1 Å². The molecule has 0 spiro atoms. The molecule has 2 heterocycles. The molecule has 9 aromatic carbocycles. The summed E-state index contributed by atoms with van der Waals surface area (Å²) in [6.07, 6.45) is 0. The van der Waals surface area contributed by atoms with Gasteiger partial charge in [-0.15, -0.1) is 0 Å². The molecule has 0 saturated heterocycles. The lowest BCUT2D eigenvalue weighted by Crippen LogP contribution is -1.97. The molecule has 0 aliphatic rings. The Morgan fingerprint density at radius 1 is 0.309 bits per heavy atom. The average molecular weight is 700 g/mol. The molecule has 0 atom stereocenters. The summed E-state index contributed by atoms with van der Waals surface area (Å²) in [6.45, 7) is 0. The molecule has 3 heteroatoms. The summed E-state index contributed by atoms with van der Waals surface area (Å²) < 4.78 is 2.35. The predicted octanol–water partition coefficient (Wildman–Crippen LogP) is 13.7. The Kier molecular flexibility index (Phi) is 7.17. The van der Waals surface area contributed by atoms with E-state index in [0.717, 1.165) is 33.8 Å². The van der Waals surface area contributed by atoms with E-state index in [9.17, 15) is 0 Å². The Balaban J connectivity index is 1.03. The van der Waals surface area contributed by atoms with Crippen LogP contribution in [-0.4, -0.2) is 14.5 Å². The Morgan fingerprint density at radius 2 is 0.836 bits per heavy atom. The molecule has 256 valence electrons.